The number of carboxylic acids is 1. The van der Waals surface area contributed by atoms with Gasteiger partial charge in [0.1, 0.15) is 6.04 Å². The summed E-state index contributed by atoms with van der Waals surface area (Å²) in [6.45, 7) is 1.83. The molecule has 0 heterocycles. The lowest BCUT2D eigenvalue weighted by Gasteiger charge is -2.24. The lowest BCUT2D eigenvalue weighted by atomic mass is 9.82. The average Bonchev–Trinajstić information content (AvgIpc) is 2.51. The molecule has 0 saturated heterocycles. The Morgan fingerprint density at radius 2 is 2.09 bits per heavy atom. The molecule has 4 heteroatoms. The number of rotatable bonds is 6. The molecule has 2 rings (SSSR count). The molecule has 0 aromatic heterocycles. The molecule has 22 heavy (non-hydrogen) atoms. The van der Waals surface area contributed by atoms with Crippen LogP contribution in [0, 0.1) is 5.92 Å². The van der Waals surface area contributed by atoms with Crippen molar-refractivity contribution in [1.29, 1.82) is 0 Å². The molecule has 1 aromatic rings. The van der Waals surface area contributed by atoms with Crippen molar-refractivity contribution in [3.05, 3.63) is 47.5 Å². The highest BCUT2D eigenvalue weighted by Gasteiger charge is 2.23. The van der Waals surface area contributed by atoms with Crippen LogP contribution in [-0.2, 0) is 22.4 Å². The lowest BCUT2D eigenvalue weighted by Crippen LogP contribution is -2.41. The molecule has 0 aliphatic heterocycles. The SMILES string of the molecule is C/C=C/CC(NC(=O)CC1CCc2ccccc2C1)C(=O)O. The number of hydrogen-bond donors (Lipinski definition) is 2. The van der Waals surface area contributed by atoms with Gasteiger partial charge in [-0.05, 0) is 49.7 Å². The van der Waals surface area contributed by atoms with Crippen molar-refractivity contribution in [2.75, 3.05) is 0 Å². The van der Waals surface area contributed by atoms with E-state index in [4.69, 9.17) is 5.11 Å². The first-order chi connectivity index (χ1) is 10.6. The van der Waals surface area contributed by atoms with Crippen LogP contribution in [0.2, 0.25) is 0 Å². The van der Waals surface area contributed by atoms with E-state index in [1.54, 1.807) is 12.2 Å². The number of allylic oxidation sites excluding steroid dienone is 1. The number of carbonyl (C=O) groups is 2. The third-order valence-electron chi connectivity index (χ3n) is 4.16. The molecule has 2 N–H and O–H groups in total. The molecule has 118 valence electrons. The Morgan fingerprint density at radius 3 is 2.77 bits per heavy atom. The van der Waals surface area contributed by atoms with Crippen LogP contribution in [0.4, 0.5) is 0 Å². The van der Waals surface area contributed by atoms with Crippen molar-refractivity contribution in [2.24, 2.45) is 5.92 Å². The molecule has 1 aliphatic rings. The maximum absolute atomic E-state index is 12.1. The first-order valence-corrected chi connectivity index (χ1v) is 7.80. The van der Waals surface area contributed by atoms with Crippen LogP contribution in [0.3, 0.4) is 0 Å². The van der Waals surface area contributed by atoms with Crippen LogP contribution >= 0.6 is 0 Å². The van der Waals surface area contributed by atoms with E-state index < -0.39 is 12.0 Å². The third-order valence-corrected chi connectivity index (χ3v) is 4.16. The minimum Gasteiger partial charge on any atom is -0.480 e. The summed E-state index contributed by atoms with van der Waals surface area (Å²) in [5.74, 6) is -0.854. The monoisotopic (exact) mass is 301 g/mol. The standard InChI is InChI=1S/C18H23NO3/c1-2-3-8-16(18(21)22)19-17(20)12-13-9-10-14-6-4-5-7-15(14)11-13/h2-7,13,16H,8-12H2,1H3,(H,19,20)(H,21,22)/b3-2+. The Hall–Kier alpha value is -2.10. The fourth-order valence-corrected chi connectivity index (χ4v) is 2.96. The second-order valence-corrected chi connectivity index (χ2v) is 5.84. The number of hydrogen-bond acceptors (Lipinski definition) is 2. The fraction of sp³-hybridized carbons (Fsp3) is 0.444. The summed E-state index contributed by atoms with van der Waals surface area (Å²) >= 11 is 0. The largest absolute Gasteiger partial charge is 0.480 e. The minimum atomic E-state index is -0.986. The van der Waals surface area contributed by atoms with E-state index >= 15 is 0 Å². The lowest BCUT2D eigenvalue weighted by molar-refractivity contribution is -0.141. The Labute approximate surface area is 131 Å². The van der Waals surface area contributed by atoms with E-state index in [0.717, 1.165) is 19.3 Å². The number of aliphatic carboxylic acids is 1. The van der Waals surface area contributed by atoms with Crippen LogP contribution in [0.5, 0.6) is 0 Å². The molecule has 4 nitrogen and oxygen atoms in total. The predicted octanol–water partition coefficient (Wildman–Crippen LogP) is 2.72. The van der Waals surface area contributed by atoms with Crippen LogP contribution in [-0.4, -0.2) is 23.0 Å². The highest BCUT2D eigenvalue weighted by atomic mass is 16.4. The minimum absolute atomic E-state index is 0.165. The van der Waals surface area contributed by atoms with E-state index in [-0.39, 0.29) is 5.91 Å². The van der Waals surface area contributed by atoms with Crippen molar-refractivity contribution in [3.63, 3.8) is 0 Å². The van der Waals surface area contributed by atoms with Gasteiger partial charge in [0.05, 0.1) is 0 Å². The third kappa shape index (κ3) is 4.45. The summed E-state index contributed by atoms with van der Waals surface area (Å²) in [5, 5.41) is 11.8. The summed E-state index contributed by atoms with van der Waals surface area (Å²) in [7, 11) is 0. The molecule has 0 radical (unpaired) electrons. The summed E-state index contributed by atoms with van der Waals surface area (Å²) in [5.41, 5.74) is 2.69. The molecular weight excluding hydrogens is 278 g/mol. The second-order valence-electron chi connectivity index (χ2n) is 5.84. The molecule has 0 spiro atoms. The number of carboxylic acid groups (broad SMARTS) is 1. The number of carbonyl (C=O) groups excluding carboxylic acids is 1. The summed E-state index contributed by atoms with van der Waals surface area (Å²) in [4.78, 5) is 23.3. The number of benzene rings is 1. The van der Waals surface area contributed by atoms with Gasteiger partial charge in [-0.1, -0.05) is 36.4 Å². The van der Waals surface area contributed by atoms with Gasteiger partial charge in [-0.25, -0.2) is 4.79 Å². The zero-order valence-electron chi connectivity index (χ0n) is 12.9. The van der Waals surface area contributed by atoms with Crippen molar-refractivity contribution >= 4 is 11.9 Å². The number of amides is 1. The number of nitrogens with one attached hydrogen (secondary N) is 1. The molecular formula is C18H23NO3. The van der Waals surface area contributed by atoms with Gasteiger partial charge < -0.3 is 10.4 Å². The van der Waals surface area contributed by atoms with Gasteiger partial charge in [0.15, 0.2) is 0 Å². The highest BCUT2D eigenvalue weighted by Crippen LogP contribution is 2.27. The van der Waals surface area contributed by atoms with E-state index in [2.05, 4.69) is 17.4 Å². The van der Waals surface area contributed by atoms with E-state index in [1.165, 1.54) is 11.1 Å². The molecule has 0 saturated carbocycles. The molecule has 1 aromatic carbocycles. The van der Waals surface area contributed by atoms with Crippen molar-refractivity contribution in [1.82, 2.24) is 5.32 Å². The van der Waals surface area contributed by atoms with Gasteiger partial charge in [-0.15, -0.1) is 0 Å². The Kier molecular flexibility index (Phi) is 5.75. The number of aryl methyl sites for hydroxylation is 1. The van der Waals surface area contributed by atoms with E-state index in [0.29, 0.717) is 18.8 Å². The smallest absolute Gasteiger partial charge is 0.326 e. The van der Waals surface area contributed by atoms with Gasteiger partial charge in [0.25, 0.3) is 0 Å². The van der Waals surface area contributed by atoms with Crippen molar-refractivity contribution in [3.8, 4) is 0 Å². The predicted molar refractivity (Wildman–Crippen MR) is 85.6 cm³/mol. The quantitative estimate of drug-likeness (QED) is 0.794. The van der Waals surface area contributed by atoms with Crippen LogP contribution in [0.1, 0.15) is 37.3 Å². The van der Waals surface area contributed by atoms with E-state index in [9.17, 15) is 9.59 Å². The Bertz CT molecular complexity index is 565. The average molecular weight is 301 g/mol. The van der Waals surface area contributed by atoms with Crippen molar-refractivity contribution < 1.29 is 14.7 Å². The molecule has 2 unspecified atom stereocenters. The molecule has 0 bridgehead atoms. The molecule has 1 amide bonds. The van der Waals surface area contributed by atoms with Crippen molar-refractivity contribution in [2.45, 2.75) is 45.1 Å². The van der Waals surface area contributed by atoms with Gasteiger partial charge >= 0.3 is 5.97 Å². The summed E-state index contributed by atoms with van der Waals surface area (Å²) < 4.78 is 0. The zero-order valence-corrected chi connectivity index (χ0v) is 12.9. The summed E-state index contributed by atoms with van der Waals surface area (Å²) in [6, 6.07) is 7.50. The van der Waals surface area contributed by atoms with Gasteiger partial charge in [-0.3, -0.25) is 4.79 Å². The van der Waals surface area contributed by atoms with Gasteiger partial charge in [0, 0.05) is 6.42 Å². The normalized spacial score (nSPS) is 18.7. The highest BCUT2D eigenvalue weighted by molar-refractivity contribution is 5.83. The van der Waals surface area contributed by atoms with Gasteiger partial charge in [-0.2, -0.15) is 0 Å². The van der Waals surface area contributed by atoms with Crippen LogP contribution in [0.15, 0.2) is 36.4 Å². The topological polar surface area (TPSA) is 66.4 Å². The first-order valence-electron chi connectivity index (χ1n) is 7.80. The second kappa shape index (κ2) is 7.78. The maximum atomic E-state index is 12.1. The summed E-state index contributed by atoms with van der Waals surface area (Å²) in [6.07, 6.45) is 7.15. The Morgan fingerprint density at radius 1 is 1.36 bits per heavy atom. The van der Waals surface area contributed by atoms with Crippen LogP contribution < -0.4 is 5.32 Å². The number of fused-ring (bicyclic) bond motifs is 1. The fourth-order valence-electron chi connectivity index (χ4n) is 2.96. The first kappa shape index (κ1) is 16.3. The Balaban J connectivity index is 1.88. The molecule has 1 aliphatic carbocycles. The van der Waals surface area contributed by atoms with Crippen LogP contribution in [0.25, 0.3) is 0 Å². The van der Waals surface area contributed by atoms with Gasteiger partial charge in [0.2, 0.25) is 5.91 Å². The molecule has 0 fully saturated rings. The zero-order chi connectivity index (χ0) is 15.9. The van der Waals surface area contributed by atoms with E-state index in [1.807, 2.05) is 19.1 Å². The maximum Gasteiger partial charge on any atom is 0.326 e. The molecule has 2 atom stereocenters.